The summed E-state index contributed by atoms with van der Waals surface area (Å²) in [5, 5.41) is 4.65. The maximum absolute atomic E-state index is 14.4. The summed E-state index contributed by atoms with van der Waals surface area (Å²) in [6.45, 7) is 3.70. The molecule has 0 aliphatic carbocycles. The van der Waals surface area contributed by atoms with Crippen molar-refractivity contribution in [3.8, 4) is 16.9 Å². The van der Waals surface area contributed by atoms with Crippen LogP contribution in [0.15, 0.2) is 24.3 Å². The van der Waals surface area contributed by atoms with E-state index in [2.05, 4.69) is 15.1 Å². The average Bonchev–Trinajstić information content (AvgIpc) is 2.78. The van der Waals surface area contributed by atoms with Crippen LogP contribution < -0.4 is 11.5 Å². The third kappa shape index (κ3) is 2.70. The minimum Gasteiger partial charge on any atom is -0.383 e. The summed E-state index contributed by atoms with van der Waals surface area (Å²) in [5.41, 5.74) is 13.8. The summed E-state index contributed by atoms with van der Waals surface area (Å²) in [6.07, 6.45) is 0. The Kier molecular flexibility index (Phi) is 3.65. The van der Waals surface area contributed by atoms with Crippen LogP contribution in [0.25, 0.3) is 16.9 Å². The Labute approximate surface area is 136 Å². The van der Waals surface area contributed by atoms with Gasteiger partial charge in [0.25, 0.3) is 0 Å². The highest BCUT2D eigenvalue weighted by molar-refractivity contribution is 6.30. The second kappa shape index (κ2) is 5.51. The Balaban J connectivity index is 2.34. The van der Waals surface area contributed by atoms with Gasteiger partial charge in [-0.05, 0) is 38.1 Å². The third-order valence-corrected chi connectivity index (χ3v) is 3.58. The number of anilines is 2. The minimum atomic E-state index is -0.527. The molecule has 6 nitrogen and oxygen atoms in total. The predicted molar refractivity (Wildman–Crippen MR) is 87.9 cm³/mol. The molecule has 0 bridgehead atoms. The van der Waals surface area contributed by atoms with Crippen LogP contribution in [0.4, 0.5) is 16.2 Å². The zero-order valence-electron chi connectivity index (χ0n) is 12.5. The molecule has 0 aliphatic heterocycles. The van der Waals surface area contributed by atoms with Crippen molar-refractivity contribution in [3.63, 3.8) is 0 Å². The van der Waals surface area contributed by atoms with E-state index in [1.54, 1.807) is 10.7 Å². The van der Waals surface area contributed by atoms with Gasteiger partial charge in [0, 0.05) is 16.3 Å². The maximum Gasteiger partial charge on any atom is 0.224 e. The molecule has 0 fully saturated rings. The average molecular weight is 333 g/mol. The summed E-state index contributed by atoms with van der Waals surface area (Å²) < 4.78 is 15.9. The molecule has 0 unspecified atom stereocenters. The maximum atomic E-state index is 14.4. The fraction of sp³-hybridized carbons (Fsp3) is 0.133. The highest BCUT2D eigenvalue weighted by Crippen LogP contribution is 2.34. The van der Waals surface area contributed by atoms with Gasteiger partial charge in [0.1, 0.15) is 11.6 Å². The molecule has 0 saturated heterocycles. The molecule has 0 spiro atoms. The fourth-order valence-corrected chi connectivity index (χ4v) is 2.59. The molecule has 4 N–H and O–H groups in total. The van der Waals surface area contributed by atoms with Crippen LogP contribution >= 0.6 is 11.6 Å². The lowest BCUT2D eigenvalue weighted by Crippen LogP contribution is -2.11. The summed E-state index contributed by atoms with van der Waals surface area (Å²) in [7, 11) is 0. The number of halogens is 2. The van der Waals surface area contributed by atoms with Crippen LogP contribution in [0.5, 0.6) is 0 Å². The smallest absolute Gasteiger partial charge is 0.224 e. The quantitative estimate of drug-likeness (QED) is 0.752. The Morgan fingerprint density at radius 2 is 1.87 bits per heavy atom. The van der Waals surface area contributed by atoms with Gasteiger partial charge in [0.2, 0.25) is 5.95 Å². The number of rotatable bonds is 2. The first-order chi connectivity index (χ1) is 10.9. The Morgan fingerprint density at radius 3 is 2.48 bits per heavy atom. The van der Waals surface area contributed by atoms with Crippen molar-refractivity contribution in [1.29, 1.82) is 0 Å². The lowest BCUT2D eigenvalue weighted by Gasteiger charge is -2.14. The number of benzene rings is 1. The molecule has 0 atom stereocenters. The lowest BCUT2D eigenvalue weighted by atomic mass is 10.1. The van der Waals surface area contributed by atoms with Gasteiger partial charge < -0.3 is 11.5 Å². The Hall–Kier alpha value is -2.67. The first kappa shape index (κ1) is 15.2. The first-order valence-electron chi connectivity index (χ1n) is 6.79. The van der Waals surface area contributed by atoms with E-state index in [1.165, 1.54) is 12.1 Å². The third-order valence-electron chi connectivity index (χ3n) is 3.35. The van der Waals surface area contributed by atoms with Gasteiger partial charge >= 0.3 is 0 Å². The van der Waals surface area contributed by atoms with Crippen molar-refractivity contribution in [2.75, 3.05) is 11.5 Å². The van der Waals surface area contributed by atoms with Crippen LogP contribution in [0.3, 0.4) is 0 Å². The minimum absolute atomic E-state index is 0.0109. The van der Waals surface area contributed by atoms with Crippen molar-refractivity contribution in [3.05, 3.63) is 46.5 Å². The normalized spacial score (nSPS) is 11.0. The van der Waals surface area contributed by atoms with Crippen molar-refractivity contribution in [2.24, 2.45) is 0 Å². The van der Waals surface area contributed by atoms with Crippen LogP contribution in [0.2, 0.25) is 5.02 Å². The molecular formula is C15H14ClFN6. The molecule has 23 heavy (non-hydrogen) atoms. The number of nitrogens with zero attached hydrogens (tertiary/aromatic N) is 4. The lowest BCUT2D eigenvalue weighted by molar-refractivity contribution is 0.631. The van der Waals surface area contributed by atoms with E-state index in [4.69, 9.17) is 23.1 Å². The van der Waals surface area contributed by atoms with Crippen LogP contribution in [-0.2, 0) is 0 Å². The Morgan fingerprint density at radius 1 is 1.13 bits per heavy atom. The Bertz CT molecular complexity index is 905. The summed E-state index contributed by atoms with van der Waals surface area (Å²) >= 11 is 5.81. The topological polar surface area (TPSA) is 95.6 Å². The molecule has 0 amide bonds. The van der Waals surface area contributed by atoms with E-state index in [0.29, 0.717) is 11.4 Å². The molecule has 118 valence electrons. The number of nitrogens with two attached hydrogens (primary N) is 2. The molecule has 0 radical (unpaired) electrons. The van der Waals surface area contributed by atoms with Gasteiger partial charge in [0.05, 0.1) is 11.3 Å². The number of aromatic nitrogens is 4. The fourth-order valence-electron chi connectivity index (χ4n) is 2.43. The van der Waals surface area contributed by atoms with Gasteiger partial charge in [-0.1, -0.05) is 11.6 Å². The molecule has 2 heterocycles. The molecule has 2 aromatic heterocycles. The van der Waals surface area contributed by atoms with Crippen LogP contribution in [-0.4, -0.2) is 19.7 Å². The van der Waals surface area contributed by atoms with Gasteiger partial charge in [-0.2, -0.15) is 15.1 Å². The zero-order chi connectivity index (χ0) is 16.7. The van der Waals surface area contributed by atoms with Crippen molar-refractivity contribution in [1.82, 2.24) is 19.7 Å². The van der Waals surface area contributed by atoms with E-state index < -0.39 is 5.82 Å². The largest absolute Gasteiger partial charge is 0.383 e. The second-order valence-corrected chi connectivity index (χ2v) is 5.57. The monoisotopic (exact) mass is 332 g/mol. The van der Waals surface area contributed by atoms with E-state index >= 15 is 0 Å². The van der Waals surface area contributed by atoms with Crippen LogP contribution in [0, 0.1) is 19.7 Å². The molecular weight excluding hydrogens is 319 g/mol. The first-order valence-corrected chi connectivity index (χ1v) is 7.16. The van der Waals surface area contributed by atoms with Gasteiger partial charge in [-0.25, -0.2) is 9.07 Å². The molecule has 0 aliphatic rings. The van der Waals surface area contributed by atoms with E-state index in [0.717, 1.165) is 11.4 Å². The van der Waals surface area contributed by atoms with Gasteiger partial charge in [-0.15, -0.1) is 0 Å². The second-order valence-electron chi connectivity index (χ2n) is 5.13. The number of hydrogen-bond acceptors (Lipinski definition) is 5. The molecule has 3 rings (SSSR count). The summed E-state index contributed by atoms with van der Waals surface area (Å²) in [6, 6.07) is 6.17. The zero-order valence-corrected chi connectivity index (χ0v) is 13.3. The molecule has 0 saturated carbocycles. The predicted octanol–water partition coefficient (Wildman–Crippen LogP) is 2.90. The van der Waals surface area contributed by atoms with Gasteiger partial charge in [0.15, 0.2) is 5.82 Å². The summed E-state index contributed by atoms with van der Waals surface area (Å²) in [4.78, 5) is 8.15. The SMILES string of the molecule is Cc1cc(C)n(-c2nc(N)nc(N)c2-c2ccc(Cl)cc2F)n1. The van der Waals surface area contributed by atoms with Crippen molar-refractivity contribution < 1.29 is 4.39 Å². The van der Waals surface area contributed by atoms with E-state index in [9.17, 15) is 4.39 Å². The van der Waals surface area contributed by atoms with E-state index in [1.807, 2.05) is 19.9 Å². The van der Waals surface area contributed by atoms with E-state index in [-0.39, 0.29) is 22.4 Å². The number of aryl methyl sites for hydroxylation is 2. The number of nitrogen functional groups attached to an aromatic ring is 2. The van der Waals surface area contributed by atoms with Crippen molar-refractivity contribution >= 4 is 23.4 Å². The number of hydrogen-bond donors (Lipinski definition) is 2. The van der Waals surface area contributed by atoms with Crippen LogP contribution in [0.1, 0.15) is 11.4 Å². The highest BCUT2D eigenvalue weighted by Gasteiger charge is 2.20. The van der Waals surface area contributed by atoms with Crippen molar-refractivity contribution in [2.45, 2.75) is 13.8 Å². The molecule has 3 aromatic rings. The summed E-state index contributed by atoms with van der Waals surface area (Å²) in [5.74, 6) is -0.147. The standard InChI is InChI=1S/C15H14ClFN6/c1-7-5-8(2)23(22-7)14-12(13(18)20-15(19)21-14)10-4-3-9(16)6-11(10)17/h3-6H,1-2H3,(H4,18,19,20,21). The highest BCUT2D eigenvalue weighted by atomic mass is 35.5. The molecule has 8 heteroatoms. The molecule has 1 aromatic carbocycles. The van der Waals surface area contributed by atoms with Gasteiger partial charge in [-0.3, -0.25) is 0 Å².